The average molecular weight is 204 g/mol. The van der Waals surface area contributed by atoms with Gasteiger partial charge in [0.15, 0.2) is 0 Å². The summed E-state index contributed by atoms with van der Waals surface area (Å²) in [5.74, 6) is -0.726. The van der Waals surface area contributed by atoms with Crippen LogP contribution < -0.4 is 10.5 Å². The fourth-order valence-electron chi connectivity index (χ4n) is 0.893. The fourth-order valence-corrected chi connectivity index (χ4v) is 0.893. The topological polar surface area (TPSA) is 72.5 Å². The number of aromatic carboxylic acids is 1. The first-order valence-corrected chi connectivity index (χ1v) is 3.32. The maximum atomic E-state index is 10.6. The van der Waals surface area contributed by atoms with Gasteiger partial charge in [-0.1, -0.05) is 0 Å². The van der Waals surface area contributed by atoms with Crippen LogP contribution in [-0.4, -0.2) is 18.2 Å². The third kappa shape index (κ3) is 2.52. The second-order valence-corrected chi connectivity index (χ2v) is 2.26. The van der Waals surface area contributed by atoms with E-state index in [1.54, 1.807) is 6.07 Å². The molecular formula is C8H10ClNO3. The van der Waals surface area contributed by atoms with Crippen LogP contribution in [0.1, 0.15) is 10.4 Å². The van der Waals surface area contributed by atoms with Crippen molar-refractivity contribution in [1.82, 2.24) is 0 Å². The van der Waals surface area contributed by atoms with Crippen molar-refractivity contribution in [3.05, 3.63) is 23.8 Å². The van der Waals surface area contributed by atoms with Crippen LogP contribution in [0.3, 0.4) is 0 Å². The number of hydrogen-bond acceptors (Lipinski definition) is 3. The minimum atomic E-state index is -1.04. The first kappa shape index (κ1) is 11.6. The Morgan fingerprint density at radius 3 is 2.62 bits per heavy atom. The molecule has 3 N–H and O–H groups in total. The molecule has 0 fully saturated rings. The van der Waals surface area contributed by atoms with Crippen molar-refractivity contribution >= 4 is 24.1 Å². The van der Waals surface area contributed by atoms with Crippen LogP contribution in [0.15, 0.2) is 18.2 Å². The molecule has 1 aromatic carbocycles. The van der Waals surface area contributed by atoms with Gasteiger partial charge >= 0.3 is 5.97 Å². The predicted octanol–water partition coefficient (Wildman–Crippen LogP) is 1.40. The van der Waals surface area contributed by atoms with Gasteiger partial charge in [-0.05, 0) is 18.2 Å². The van der Waals surface area contributed by atoms with E-state index in [1.807, 2.05) is 0 Å². The lowest BCUT2D eigenvalue weighted by Gasteiger charge is -2.04. The van der Waals surface area contributed by atoms with E-state index in [9.17, 15) is 4.79 Å². The lowest BCUT2D eigenvalue weighted by Crippen LogP contribution is -2.01. The summed E-state index contributed by atoms with van der Waals surface area (Å²) < 4.78 is 4.83. The predicted molar refractivity (Wildman–Crippen MR) is 51.6 cm³/mol. The molecule has 0 amide bonds. The van der Waals surface area contributed by atoms with Crippen LogP contribution in [0.25, 0.3) is 0 Å². The molecule has 72 valence electrons. The van der Waals surface area contributed by atoms with E-state index in [-0.39, 0.29) is 18.0 Å². The third-order valence-electron chi connectivity index (χ3n) is 1.45. The molecular weight excluding hydrogens is 194 g/mol. The quantitative estimate of drug-likeness (QED) is 0.713. The standard InChI is InChI=1S/C8H9NO3.ClH/c1-12-7-3-2-5(9)4-6(7)8(10)11;/h2-4H,9H2,1H3,(H,10,11);1H. The van der Waals surface area contributed by atoms with Gasteiger partial charge in [-0.25, -0.2) is 4.79 Å². The average Bonchev–Trinajstić information content (AvgIpc) is 2.04. The Bertz CT molecular complexity index is 314. The van der Waals surface area contributed by atoms with Crippen LogP contribution in [0.5, 0.6) is 5.75 Å². The molecule has 0 saturated carbocycles. The first-order valence-electron chi connectivity index (χ1n) is 3.32. The Labute approximate surface area is 81.7 Å². The Balaban J connectivity index is 0.00000144. The van der Waals surface area contributed by atoms with Crippen molar-refractivity contribution in [2.75, 3.05) is 12.8 Å². The highest BCUT2D eigenvalue weighted by Gasteiger charge is 2.09. The van der Waals surface area contributed by atoms with Gasteiger partial charge in [0.1, 0.15) is 11.3 Å². The summed E-state index contributed by atoms with van der Waals surface area (Å²) in [4.78, 5) is 10.6. The van der Waals surface area contributed by atoms with E-state index in [0.717, 1.165) is 0 Å². The molecule has 13 heavy (non-hydrogen) atoms. The third-order valence-corrected chi connectivity index (χ3v) is 1.45. The number of ether oxygens (including phenoxy) is 1. The number of carbonyl (C=O) groups is 1. The summed E-state index contributed by atoms with van der Waals surface area (Å²) in [5.41, 5.74) is 5.89. The molecule has 0 aliphatic heterocycles. The summed E-state index contributed by atoms with van der Waals surface area (Å²) in [6, 6.07) is 4.48. The SMILES string of the molecule is COc1ccc(N)cc1C(=O)O.Cl. The highest BCUT2D eigenvalue weighted by molar-refractivity contribution is 5.92. The minimum Gasteiger partial charge on any atom is -0.496 e. The molecule has 0 radical (unpaired) electrons. The van der Waals surface area contributed by atoms with Crippen LogP contribution in [0.4, 0.5) is 5.69 Å². The zero-order valence-electron chi connectivity index (χ0n) is 6.98. The van der Waals surface area contributed by atoms with E-state index in [1.165, 1.54) is 19.2 Å². The van der Waals surface area contributed by atoms with Crippen molar-refractivity contribution in [3.8, 4) is 5.75 Å². The Morgan fingerprint density at radius 2 is 2.15 bits per heavy atom. The molecule has 0 aromatic heterocycles. The number of anilines is 1. The molecule has 4 nitrogen and oxygen atoms in total. The number of methoxy groups -OCH3 is 1. The molecule has 5 heteroatoms. The van der Waals surface area contributed by atoms with Gasteiger partial charge in [0.05, 0.1) is 7.11 Å². The van der Waals surface area contributed by atoms with E-state index >= 15 is 0 Å². The van der Waals surface area contributed by atoms with E-state index in [4.69, 9.17) is 15.6 Å². The molecule has 0 heterocycles. The maximum Gasteiger partial charge on any atom is 0.339 e. The molecule has 0 saturated heterocycles. The summed E-state index contributed by atoms with van der Waals surface area (Å²) in [7, 11) is 1.41. The molecule has 1 aromatic rings. The van der Waals surface area contributed by atoms with E-state index in [2.05, 4.69) is 0 Å². The van der Waals surface area contributed by atoms with Gasteiger partial charge < -0.3 is 15.6 Å². The van der Waals surface area contributed by atoms with Gasteiger partial charge in [0.2, 0.25) is 0 Å². The highest BCUT2D eigenvalue weighted by atomic mass is 35.5. The van der Waals surface area contributed by atoms with E-state index in [0.29, 0.717) is 11.4 Å². The molecule has 0 bridgehead atoms. The number of carboxylic acids is 1. The highest BCUT2D eigenvalue weighted by Crippen LogP contribution is 2.20. The largest absolute Gasteiger partial charge is 0.496 e. The summed E-state index contributed by atoms with van der Waals surface area (Å²) in [6.45, 7) is 0. The second-order valence-electron chi connectivity index (χ2n) is 2.26. The van der Waals surface area contributed by atoms with Crippen LogP contribution >= 0.6 is 12.4 Å². The summed E-state index contributed by atoms with van der Waals surface area (Å²) >= 11 is 0. The lowest BCUT2D eigenvalue weighted by atomic mass is 10.2. The van der Waals surface area contributed by atoms with Crippen LogP contribution in [0.2, 0.25) is 0 Å². The van der Waals surface area contributed by atoms with Crippen LogP contribution in [-0.2, 0) is 0 Å². The van der Waals surface area contributed by atoms with Gasteiger partial charge in [0.25, 0.3) is 0 Å². The number of nitrogen functional groups attached to an aromatic ring is 1. The van der Waals surface area contributed by atoms with E-state index < -0.39 is 5.97 Å². The smallest absolute Gasteiger partial charge is 0.339 e. The Morgan fingerprint density at radius 1 is 1.54 bits per heavy atom. The molecule has 0 aliphatic carbocycles. The van der Waals surface area contributed by atoms with Crippen molar-refractivity contribution in [1.29, 1.82) is 0 Å². The summed E-state index contributed by atoms with van der Waals surface area (Å²) in [5, 5.41) is 8.69. The fraction of sp³-hybridized carbons (Fsp3) is 0.125. The van der Waals surface area contributed by atoms with Crippen molar-refractivity contribution in [2.24, 2.45) is 0 Å². The number of halogens is 1. The Hall–Kier alpha value is -1.42. The van der Waals surface area contributed by atoms with Crippen molar-refractivity contribution in [2.45, 2.75) is 0 Å². The molecule has 0 spiro atoms. The van der Waals surface area contributed by atoms with Crippen molar-refractivity contribution in [3.63, 3.8) is 0 Å². The number of hydrogen-bond donors (Lipinski definition) is 2. The number of nitrogens with two attached hydrogens (primary N) is 1. The number of carboxylic acid groups (broad SMARTS) is 1. The van der Waals surface area contributed by atoms with Gasteiger partial charge in [-0.2, -0.15) is 0 Å². The summed E-state index contributed by atoms with van der Waals surface area (Å²) in [6.07, 6.45) is 0. The normalized spacial score (nSPS) is 8.69. The van der Waals surface area contributed by atoms with Gasteiger partial charge in [-0.3, -0.25) is 0 Å². The monoisotopic (exact) mass is 203 g/mol. The molecule has 0 atom stereocenters. The Kier molecular flexibility index (Phi) is 4.07. The minimum absolute atomic E-state index is 0. The lowest BCUT2D eigenvalue weighted by molar-refractivity contribution is 0.0693. The van der Waals surface area contributed by atoms with Crippen molar-refractivity contribution < 1.29 is 14.6 Å². The molecule has 1 rings (SSSR count). The zero-order chi connectivity index (χ0) is 9.14. The number of rotatable bonds is 2. The zero-order valence-corrected chi connectivity index (χ0v) is 7.80. The molecule has 0 unspecified atom stereocenters. The second kappa shape index (κ2) is 4.57. The van der Waals surface area contributed by atoms with Gasteiger partial charge in [0, 0.05) is 5.69 Å². The van der Waals surface area contributed by atoms with Crippen LogP contribution in [0, 0.1) is 0 Å². The first-order chi connectivity index (χ1) is 5.65. The van der Waals surface area contributed by atoms with Gasteiger partial charge in [-0.15, -0.1) is 12.4 Å². The number of benzene rings is 1. The maximum absolute atomic E-state index is 10.6. The molecule has 0 aliphatic rings.